The summed E-state index contributed by atoms with van der Waals surface area (Å²) in [6, 6.07) is 2.53. The van der Waals surface area contributed by atoms with Crippen LogP contribution in [0.15, 0.2) is 16.9 Å². The predicted octanol–water partition coefficient (Wildman–Crippen LogP) is 3.00. The summed E-state index contributed by atoms with van der Waals surface area (Å²) in [7, 11) is 0. The van der Waals surface area contributed by atoms with Crippen molar-refractivity contribution in [2.75, 3.05) is 31.1 Å². The third kappa shape index (κ3) is 4.36. The fourth-order valence-electron chi connectivity index (χ4n) is 4.53. The fourth-order valence-corrected chi connectivity index (χ4v) is 4.53. The van der Waals surface area contributed by atoms with Gasteiger partial charge in [-0.15, -0.1) is 0 Å². The number of alkyl carbamates (subject to hydrolysis) is 1. The highest BCUT2D eigenvalue weighted by Gasteiger charge is 2.42. The summed E-state index contributed by atoms with van der Waals surface area (Å²) in [6.07, 6.45) is -0.619. The second-order valence-corrected chi connectivity index (χ2v) is 9.85. The number of halogens is 2. The van der Waals surface area contributed by atoms with Gasteiger partial charge in [0.05, 0.1) is 24.6 Å². The number of alkyl halides is 1. The van der Waals surface area contributed by atoms with Gasteiger partial charge in [0.2, 0.25) is 0 Å². The van der Waals surface area contributed by atoms with Crippen LogP contribution in [0, 0.1) is 5.82 Å². The molecule has 0 radical (unpaired) electrons. The summed E-state index contributed by atoms with van der Waals surface area (Å²) >= 11 is 0. The number of nitrogens with two attached hydrogens (primary N) is 1. The second-order valence-electron chi connectivity index (χ2n) is 9.85. The number of hydrogen-bond acceptors (Lipinski definition) is 6. The number of amides is 1. The fraction of sp³-hybridized carbons (Fsp3) is 0.565. The van der Waals surface area contributed by atoms with Crippen molar-refractivity contribution in [3.05, 3.63) is 33.9 Å². The largest absolute Gasteiger partial charge is 0.487 e. The molecule has 1 aromatic carbocycles. The second kappa shape index (κ2) is 8.16. The zero-order valence-corrected chi connectivity index (χ0v) is 19.3. The van der Waals surface area contributed by atoms with Crippen molar-refractivity contribution in [2.24, 2.45) is 5.73 Å². The first-order chi connectivity index (χ1) is 15.4. The average molecular weight is 465 g/mol. The van der Waals surface area contributed by atoms with E-state index < -0.39 is 23.2 Å². The Bertz CT molecular complexity index is 1160. The Hall–Kier alpha value is -2.88. The molecule has 1 saturated heterocycles. The number of carbonyl (C=O) groups excluding carboxylic acids is 1. The summed E-state index contributed by atoms with van der Waals surface area (Å²) < 4.78 is 43.6. The van der Waals surface area contributed by atoms with E-state index in [9.17, 15) is 9.59 Å². The minimum Gasteiger partial charge on any atom is -0.487 e. The Labute approximate surface area is 190 Å². The van der Waals surface area contributed by atoms with Gasteiger partial charge in [0.25, 0.3) is 5.56 Å². The molecule has 4 rings (SSSR count). The van der Waals surface area contributed by atoms with Crippen LogP contribution in [-0.4, -0.2) is 48.2 Å². The molecule has 0 bridgehead atoms. The van der Waals surface area contributed by atoms with Crippen LogP contribution in [0.5, 0.6) is 5.75 Å². The highest BCUT2D eigenvalue weighted by molar-refractivity contribution is 5.94. The minimum absolute atomic E-state index is 0.0762. The maximum absolute atomic E-state index is 15.5. The Balaban J connectivity index is 1.67. The number of nitrogens with zero attached hydrogens (tertiary/aromatic N) is 2. The standard InChI is InChI=1S/C23H30F2N4O4/c1-13-10-32-20-18-15(14(9-26)7-17(30)29(13)18)8-16(24)19(20)28-6-5-23(25,12-28)11-27-21(31)33-22(2,3)4/h7-8,13H,5-6,9-12,26H2,1-4H3,(H,27,31)/t13-,23?/m0/s1. The van der Waals surface area contributed by atoms with Crippen LogP contribution in [0.4, 0.5) is 19.3 Å². The molecule has 3 N–H and O–H groups in total. The van der Waals surface area contributed by atoms with E-state index in [0.717, 1.165) is 0 Å². The maximum atomic E-state index is 15.5. The van der Waals surface area contributed by atoms with Crippen molar-refractivity contribution in [3.8, 4) is 5.75 Å². The van der Waals surface area contributed by atoms with E-state index in [2.05, 4.69) is 5.32 Å². The molecule has 1 amide bonds. The van der Waals surface area contributed by atoms with Crippen LogP contribution in [0.3, 0.4) is 0 Å². The summed E-state index contributed by atoms with van der Waals surface area (Å²) in [5.41, 5.74) is 4.22. The number of hydrogen-bond donors (Lipinski definition) is 2. The molecular formula is C23H30F2N4O4. The number of ether oxygens (including phenoxy) is 2. The Morgan fingerprint density at radius 1 is 1.39 bits per heavy atom. The van der Waals surface area contributed by atoms with Crippen LogP contribution in [0.25, 0.3) is 10.9 Å². The highest BCUT2D eigenvalue weighted by Crippen LogP contribution is 2.44. The van der Waals surface area contributed by atoms with Gasteiger partial charge in [0.1, 0.15) is 23.6 Å². The van der Waals surface area contributed by atoms with E-state index >= 15 is 8.78 Å². The van der Waals surface area contributed by atoms with E-state index in [4.69, 9.17) is 15.2 Å². The maximum Gasteiger partial charge on any atom is 0.407 e. The van der Waals surface area contributed by atoms with Gasteiger partial charge >= 0.3 is 6.09 Å². The molecule has 0 saturated carbocycles. The smallest absolute Gasteiger partial charge is 0.407 e. The molecule has 33 heavy (non-hydrogen) atoms. The van der Waals surface area contributed by atoms with Crippen molar-refractivity contribution >= 4 is 22.7 Å². The molecule has 3 heterocycles. The van der Waals surface area contributed by atoms with Crippen molar-refractivity contribution in [2.45, 2.75) is 58.0 Å². The molecule has 0 aliphatic carbocycles. The van der Waals surface area contributed by atoms with E-state index in [1.165, 1.54) is 12.1 Å². The summed E-state index contributed by atoms with van der Waals surface area (Å²) in [6.45, 7) is 7.10. The van der Waals surface area contributed by atoms with Crippen molar-refractivity contribution in [1.82, 2.24) is 9.88 Å². The zero-order valence-electron chi connectivity index (χ0n) is 19.3. The first-order valence-electron chi connectivity index (χ1n) is 11.1. The molecular weight excluding hydrogens is 434 g/mol. The molecule has 2 aliphatic rings. The van der Waals surface area contributed by atoms with Crippen LogP contribution < -0.4 is 26.2 Å². The Kier molecular flexibility index (Phi) is 5.76. The molecule has 1 unspecified atom stereocenters. The van der Waals surface area contributed by atoms with Crippen LogP contribution in [0.1, 0.15) is 45.7 Å². The lowest BCUT2D eigenvalue weighted by molar-refractivity contribution is 0.0486. The van der Waals surface area contributed by atoms with Gasteiger partial charge < -0.3 is 25.4 Å². The van der Waals surface area contributed by atoms with Crippen LogP contribution in [-0.2, 0) is 11.3 Å². The van der Waals surface area contributed by atoms with Gasteiger partial charge in [-0.3, -0.25) is 9.36 Å². The monoisotopic (exact) mass is 464 g/mol. The van der Waals surface area contributed by atoms with Crippen molar-refractivity contribution in [1.29, 1.82) is 0 Å². The van der Waals surface area contributed by atoms with E-state index in [-0.39, 0.29) is 62.2 Å². The zero-order chi connectivity index (χ0) is 24.1. The van der Waals surface area contributed by atoms with Gasteiger partial charge in [-0.05, 0) is 39.3 Å². The van der Waals surface area contributed by atoms with E-state index in [1.807, 2.05) is 6.92 Å². The normalized spacial score (nSPS) is 22.4. The molecule has 0 spiro atoms. The van der Waals surface area contributed by atoms with Crippen LogP contribution >= 0.6 is 0 Å². The number of rotatable bonds is 4. The SMILES string of the molecule is C[C@H]1COc2c(N3CCC(F)(CNC(=O)OC(C)(C)C)C3)c(F)cc3c(CN)cc(=O)n1c23. The first-order valence-corrected chi connectivity index (χ1v) is 11.1. The lowest BCUT2D eigenvalue weighted by Gasteiger charge is -2.31. The summed E-state index contributed by atoms with van der Waals surface area (Å²) in [5, 5.41) is 2.98. The number of nitrogens with one attached hydrogen (secondary N) is 1. The Morgan fingerprint density at radius 2 is 2.12 bits per heavy atom. The van der Waals surface area contributed by atoms with E-state index in [0.29, 0.717) is 16.5 Å². The van der Waals surface area contributed by atoms with Crippen molar-refractivity contribution in [3.63, 3.8) is 0 Å². The van der Waals surface area contributed by atoms with Gasteiger partial charge in [-0.1, -0.05) is 0 Å². The summed E-state index contributed by atoms with van der Waals surface area (Å²) in [5.74, 6) is -0.351. The molecule has 1 fully saturated rings. The quantitative estimate of drug-likeness (QED) is 0.722. The predicted molar refractivity (Wildman–Crippen MR) is 121 cm³/mol. The number of benzene rings is 1. The lowest BCUT2D eigenvalue weighted by Crippen LogP contribution is -2.43. The molecule has 2 aromatic rings. The first kappa shape index (κ1) is 23.3. The topological polar surface area (TPSA) is 98.8 Å². The average Bonchev–Trinajstić information content (AvgIpc) is 3.10. The molecule has 180 valence electrons. The minimum atomic E-state index is -1.77. The van der Waals surface area contributed by atoms with Crippen molar-refractivity contribution < 1.29 is 23.0 Å². The molecule has 10 heteroatoms. The number of carbonyl (C=O) groups is 1. The summed E-state index contributed by atoms with van der Waals surface area (Å²) in [4.78, 5) is 26.3. The molecule has 8 nitrogen and oxygen atoms in total. The molecule has 1 aromatic heterocycles. The number of pyridine rings is 1. The van der Waals surface area contributed by atoms with Gasteiger partial charge in [-0.2, -0.15) is 0 Å². The number of aromatic nitrogens is 1. The molecule has 2 atom stereocenters. The van der Waals surface area contributed by atoms with Gasteiger partial charge in [0.15, 0.2) is 11.6 Å². The van der Waals surface area contributed by atoms with Gasteiger partial charge in [-0.25, -0.2) is 13.6 Å². The highest BCUT2D eigenvalue weighted by atomic mass is 19.1. The third-order valence-electron chi connectivity index (χ3n) is 6.00. The van der Waals surface area contributed by atoms with Gasteiger partial charge in [0, 0.05) is 31.0 Å². The van der Waals surface area contributed by atoms with E-state index in [1.54, 1.807) is 30.2 Å². The molecule has 2 aliphatic heterocycles. The van der Waals surface area contributed by atoms with Crippen LogP contribution in [0.2, 0.25) is 0 Å². The third-order valence-corrected chi connectivity index (χ3v) is 6.00. The lowest BCUT2D eigenvalue weighted by atomic mass is 10.0. The number of anilines is 1. The Morgan fingerprint density at radius 3 is 2.79 bits per heavy atom.